The maximum atomic E-state index is 13.2. The molecular formula is C23H22N2O5S. The third-order valence-electron chi connectivity index (χ3n) is 5.60. The van der Waals surface area contributed by atoms with Crippen molar-refractivity contribution in [2.75, 3.05) is 0 Å². The van der Waals surface area contributed by atoms with Crippen molar-refractivity contribution in [1.29, 1.82) is 0 Å². The molecule has 1 fully saturated rings. The molecule has 2 aromatic carbocycles. The number of nitrogens with zero attached hydrogens (tertiary/aromatic N) is 1. The third kappa shape index (κ3) is 3.92. The first-order chi connectivity index (χ1) is 14.8. The second-order valence-corrected chi connectivity index (χ2v) is 9.52. The second kappa shape index (κ2) is 8.13. The van der Waals surface area contributed by atoms with Crippen molar-refractivity contribution in [2.45, 2.75) is 35.3 Å². The number of rotatable bonds is 6. The first-order valence-electron chi connectivity index (χ1n) is 9.82. The Morgan fingerprint density at radius 1 is 1.13 bits per heavy atom. The molecule has 3 unspecified atom stereocenters. The van der Waals surface area contributed by atoms with Crippen molar-refractivity contribution < 1.29 is 18.1 Å². The largest absolute Gasteiger partial charge is 0.363 e. The molecule has 1 aliphatic rings. The highest BCUT2D eigenvalue weighted by molar-refractivity contribution is 7.91. The Kier molecular flexibility index (Phi) is 5.51. The fraction of sp³-hybridized carbons (Fsp3) is 0.217. The van der Waals surface area contributed by atoms with Crippen LogP contribution in [0.1, 0.15) is 35.4 Å². The van der Waals surface area contributed by atoms with E-state index in [4.69, 9.17) is 4.74 Å². The molecule has 1 aromatic heterocycles. The number of benzene rings is 2. The molecule has 3 aromatic rings. The molecule has 8 heteroatoms. The Morgan fingerprint density at radius 3 is 2.42 bits per heavy atom. The van der Waals surface area contributed by atoms with E-state index in [1.807, 2.05) is 6.92 Å². The van der Waals surface area contributed by atoms with Gasteiger partial charge in [0.2, 0.25) is 9.84 Å². The monoisotopic (exact) mass is 438 g/mol. The SMILES string of the molecule is C=CC1CC(c2[nH]ccc2S(=O)(=O)c2ccc(C)cc2)OC1c1ccc([N+](=O)[O-])cc1. The van der Waals surface area contributed by atoms with Gasteiger partial charge < -0.3 is 9.72 Å². The summed E-state index contributed by atoms with van der Waals surface area (Å²) in [7, 11) is -3.71. The molecule has 0 amide bonds. The number of sulfone groups is 1. The molecule has 0 bridgehead atoms. The molecule has 1 saturated heterocycles. The van der Waals surface area contributed by atoms with Crippen LogP contribution in [-0.4, -0.2) is 18.3 Å². The fourth-order valence-corrected chi connectivity index (χ4v) is 5.40. The van der Waals surface area contributed by atoms with E-state index in [1.165, 1.54) is 12.1 Å². The maximum absolute atomic E-state index is 13.2. The topological polar surface area (TPSA) is 102 Å². The highest BCUT2D eigenvalue weighted by Gasteiger charge is 2.38. The average Bonchev–Trinajstić information content (AvgIpc) is 3.41. The molecule has 0 aliphatic carbocycles. The lowest BCUT2D eigenvalue weighted by molar-refractivity contribution is -0.384. The summed E-state index contributed by atoms with van der Waals surface area (Å²) >= 11 is 0. The van der Waals surface area contributed by atoms with Gasteiger partial charge in [0.15, 0.2) is 0 Å². The highest BCUT2D eigenvalue weighted by atomic mass is 32.2. The standard InChI is InChI=1S/C23H22N2O5S/c1-3-16-14-20(30-23(16)17-6-8-18(9-7-17)25(26)27)22-21(12-13-24-22)31(28,29)19-10-4-15(2)5-11-19/h3-13,16,20,23-24H,1,14H2,2H3. The first-order valence-corrected chi connectivity index (χ1v) is 11.3. The lowest BCUT2D eigenvalue weighted by atomic mass is 9.93. The molecule has 2 heterocycles. The van der Waals surface area contributed by atoms with E-state index in [2.05, 4.69) is 11.6 Å². The van der Waals surface area contributed by atoms with Crippen LogP contribution in [0.25, 0.3) is 0 Å². The van der Waals surface area contributed by atoms with Gasteiger partial charge in [0, 0.05) is 24.2 Å². The lowest BCUT2D eigenvalue weighted by Gasteiger charge is -2.17. The Morgan fingerprint density at radius 2 is 1.81 bits per heavy atom. The van der Waals surface area contributed by atoms with Crippen LogP contribution in [0.15, 0.2) is 83.2 Å². The van der Waals surface area contributed by atoms with Crippen LogP contribution in [-0.2, 0) is 14.6 Å². The molecule has 0 radical (unpaired) electrons. The van der Waals surface area contributed by atoms with Gasteiger partial charge in [-0.3, -0.25) is 10.1 Å². The molecule has 0 saturated carbocycles. The van der Waals surface area contributed by atoms with E-state index in [1.54, 1.807) is 54.7 Å². The van der Waals surface area contributed by atoms with E-state index < -0.39 is 20.9 Å². The number of aromatic nitrogens is 1. The molecule has 4 rings (SSSR count). The smallest absolute Gasteiger partial charge is 0.269 e. The van der Waals surface area contributed by atoms with E-state index in [0.29, 0.717) is 12.1 Å². The molecule has 7 nitrogen and oxygen atoms in total. The number of hydrogen-bond acceptors (Lipinski definition) is 5. The quantitative estimate of drug-likeness (QED) is 0.329. The minimum absolute atomic E-state index is 0.00398. The van der Waals surface area contributed by atoms with Crippen molar-refractivity contribution in [3.8, 4) is 0 Å². The molecule has 160 valence electrons. The average molecular weight is 439 g/mol. The summed E-state index contributed by atoms with van der Waals surface area (Å²) in [5.74, 6) is -0.0651. The summed E-state index contributed by atoms with van der Waals surface area (Å²) in [5.41, 5.74) is 2.26. The molecule has 3 atom stereocenters. The van der Waals surface area contributed by atoms with Gasteiger partial charge >= 0.3 is 0 Å². The van der Waals surface area contributed by atoms with Crippen molar-refractivity contribution in [2.24, 2.45) is 5.92 Å². The minimum atomic E-state index is -3.71. The molecule has 31 heavy (non-hydrogen) atoms. The summed E-state index contributed by atoms with van der Waals surface area (Å²) in [4.78, 5) is 13.9. The van der Waals surface area contributed by atoms with E-state index in [9.17, 15) is 18.5 Å². The number of ether oxygens (including phenoxy) is 1. The number of aryl methyl sites for hydroxylation is 1. The third-order valence-corrected chi connectivity index (χ3v) is 7.43. The van der Waals surface area contributed by atoms with Crippen molar-refractivity contribution in [1.82, 2.24) is 4.98 Å². The number of nitro groups is 1. The van der Waals surface area contributed by atoms with Gasteiger partial charge in [-0.25, -0.2) is 8.42 Å². The Labute approximate surface area is 180 Å². The van der Waals surface area contributed by atoms with Gasteiger partial charge in [-0.1, -0.05) is 23.8 Å². The zero-order valence-corrected chi connectivity index (χ0v) is 17.7. The van der Waals surface area contributed by atoms with Gasteiger partial charge in [0.25, 0.3) is 5.69 Å². The fourth-order valence-electron chi connectivity index (χ4n) is 3.92. The van der Waals surface area contributed by atoms with Crippen molar-refractivity contribution >= 4 is 15.5 Å². The Balaban J connectivity index is 1.64. The van der Waals surface area contributed by atoms with Crippen molar-refractivity contribution in [3.05, 3.63) is 100 Å². The van der Waals surface area contributed by atoms with Crippen LogP contribution in [0, 0.1) is 23.0 Å². The van der Waals surface area contributed by atoms with Crippen LogP contribution in [0.3, 0.4) is 0 Å². The van der Waals surface area contributed by atoms with Gasteiger partial charge in [0.1, 0.15) is 6.10 Å². The number of nitro benzene ring substituents is 1. The van der Waals surface area contributed by atoms with Crippen LogP contribution in [0.4, 0.5) is 5.69 Å². The van der Waals surface area contributed by atoms with Crippen LogP contribution in [0.5, 0.6) is 0 Å². The van der Waals surface area contributed by atoms with Gasteiger partial charge in [-0.2, -0.15) is 0 Å². The molecular weight excluding hydrogens is 416 g/mol. The lowest BCUT2D eigenvalue weighted by Crippen LogP contribution is -2.08. The summed E-state index contributed by atoms with van der Waals surface area (Å²) in [5, 5.41) is 10.9. The van der Waals surface area contributed by atoms with E-state index in [0.717, 1.165) is 11.1 Å². The number of H-pyrrole nitrogens is 1. The number of hydrogen-bond donors (Lipinski definition) is 1. The molecule has 1 N–H and O–H groups in total. The number of non-ortho nitro benzene ring substituents is 1. The molecule has 1 aliphatic heterocycles. The second-order valence-electron chi connectivity index (χ2n) is 7.60. The predicted octanol–water partition coefficient (Wildman–Crippen LogP) is 5.07. The number of aromatic amines is 1. The zero-order valence-electron chi connectivity index (χ0n) is 16.9. The predicted molar refractivity (Wildman–Crippen MR) is 115 cm³/mol. The normalized spacial score (nSPS) is 21.1. The summed E-state index contributed by atoms with van der Waals surface area (Å²) < 4.78 is 32.7. The summed E-state index contributed by atoms with van der Waals surface area (Å²) in [6.45, 7) is 5.79. The van der Waals surface area contributed by atoms with E-state index >= 15 is 0 Å². The van der Waals surface area contributed by atoms with Gasteiger partial charge in [-0.15, -0.1) is 6.58 Å². The molecule has 0 spiro atoms. The van der Waals surface area contributed by atoms with Gasteiger partial charge in [-0.05, 0) is 49.2 Å². The Hall–Kier alpha value is -3.23. The maximum Gasteiger partial charge on any atom is 0.269 e. The zero-order chi connectivity index (χ0) is 22.2. The summed E-state index contributed by atoms with van der Waals surface area (Å²) in [6.07, 6.45) is 3.07. The first kappa shape index (κ1) is 21.0. The van der Waals surface area contributed by atoms with Crippen LogP contribution in [0.2, 0.25) is 0 Å². The van der Waals surface area contributed by atoms with Crippen LogP contribution < -0.4 is 0 Å². The number of nitrogens with one attached hydrogen (secondary N) is 1. The van der Waals surface area contributed by atoms with E-state index in [-0.39, 0.29) is 27.5 Å². The highest BCUT2D eigenvalue weighted by Crippen LogP contribution is 2.47. The van der Waals surface area contributed by atoms with Crippen LogP contribution >= 0.6 is 0 Å². The minimum Gasteiger partial charge on any atom is -0.363 e. The van der Waals surface area contributed by atoms with Gasteiger partial charge in [0.05, 0.1) is 26.5 Å². The Bertz CT molecular complexity index is 1210. The van der Waals surface area contributed by atoms with Crippen molar-refractivity contribution in [3.63, 3.8) is 0 Å². The summed E-state index contributed by atoms with van der Waals surface area (Å²) in [6, 6.07) is 14.5.